The lowest BCUT2D eigenvalue weighted by Gasteiger charge is -2.41. The first-order valence-corrected chi connectivity index (χ1v) is 8.54. The van der Waals surface area contributed by atoms with Gasteiger partial charge in [0.25, 0.3) is 0 Å². The maximum Gasteiger partial charge on any atom is 0.116 e. The zero-order valence-corrected chi connectivity index (χ0v) is 15.3. The van der Waals surface area contributed by atoms with Crippen LogP contribution in [0.3, 0.4) is 0 Å². The minimum atomic E-state index is -0.556. The normalized spacial score (nSPS) is 28.7. The van der Waals surface area contributed by atoms with Gasteiger partial charge in [-0.05, 0) is 77.6 Å². The van der Waals surface area contributed by atoms with Crippen LogP contribution in [-0.4, -0.2) is 46.4 Å². The van der Waals surface area contributed by atoms with Gasteiger partial charge in [-0.15, -0.1) is 0 Å². The van der Waals surface area contributed by atoms with E-state index in [1.165, 1.54) is 0 Å². The minimum Gasteiger partial charge on any atom is -0.508 e. The lowest BCUT2D eigenvalue weighted by atomic mass is 9.84. The summed E-state index contributed by atoms with van der Waals surface area (Å²) in [5.74, 6) is 0.978. The fourth-order valence-electron chi connectivity index (χ4n) is 3.69. The Bertz CT molecular complexity index is 678. The van der Waals surface area contributed by atoms with Gasteiger partial charge in [-0.25, -0.2) is 0 Å². The standard InChI is InChI=1S/C19H29N3O2/c1-13-6-7-16(20)22(13)17-14(2)15(23)8-9-18(17,3)24-12-19(10-11-19)21(4)5/h6-9,17,23H,10-12,20H2,1-5H3. The molecule has 2 aliphatic rings. The molecule has 0 saturated heterocycles. The maximum absolute atomic E-state index is 10.3. The number of anilines is 1. The van der Waals surface area contributed by atoms with Gasteiger partial charge in [-0.2, -0.15) is 0 Å². The highest BCUT2D eigenvalue weighted by molar-refractivity contribution is 5.42. The monoisotopic (exact) mass is 331 g/mol. The molecule has 1 aromatic rings. The molecule has 2 unspecified atom stereocenters. The van der Waals surface area contributed by atoms with Crippen LogP contribution in [0.1, 0.15) is 38.4 Å². The third kappa shape index (κ3) is 2.66. The van der Waals surface area contributed by atoms with Crippen LogP contribution in [0.5, 0.6) is 0 Å². The van der Waals surface area contributed by atoms with Gasteiger partial charge in [0.1, 0.15) is 17.2 Å². The number of aryl methyl sites for hydroxylation is 1. The Kier molecular flexibility index (Phi) is 4.04. The van der Waals surface area contributed by atoms with Crippen molar-refractivity contribution < 1.29 is 9.84 Å². The summed E-state index contributed by atoms with van der Waals surface area (Å²) < 4.78 is 8.53. The predicted octanol–water partition coefficient (Wildman–Crippen LogP) is 3.19. The quantitative estimate of drug-likeness (QED) is 0.870. The maximum atomic E-state index is 10.3. The summed E-state index contributed by atoms with van der Waals surface area (Å²) >= 11 is 0. The van der Waals surface area contributed by atoms with E-state index in [2.05, 4.69) is 30.5 Å². The van der Waals surface area contributed by atoms with Crippen molar-refractivity contribution >= 4 is 5.82 Å². The SMILES string of the molecule is CC1=C(O)C=CC(C)(OCC2(N(C)C)CC2)C1n1c(C)ccc1N. The molecule has 0 bridgehead atoms. The zero-order chi connectivity index (χ0) is 17.7. The number of hydrogen-bond acceptors (Lipinski definition) is 4. The van der Waals surface area contributed by atoms with Crippen molar-refractivity contribution in [2.45, 2.75) is 50.8 Å². The van der Waals surface area contributed by atoms with Crippen LogP contribution in [0.4, 0.5) is 5.82 Å². The van der Waals surface area contributed by atoms with Crippen LogP contribution < -0.4 is 5.73 Å². The molecule has 0 aliphatic heterocycles. The lowest BCUT2D eigenvalue weighted by molar-refractivity contribution is -0.0521. The smallest absolute Gasteiger partial charge is 0.116 e. The Hall–Kier alpha value is -1.72. The van der Waals surface area contributed by atoms with Gasteiger partial charge < -0.3 is 25.0 Å². The van der Waals surface area contributed by atoms with Crippen LogP contribution in [0.15, 0.2) is 35.6 Å². The van der Waals surface area contributed by atoms with Gasteiger partial charge in [0, 0.05) is 11.2 Å². The van der Waals surface area contributed by atoms with Crippen LogP contribution >= 0.6 is 0 Å². The van der Waals surface area contributed by atoms with Gasteiger partial charge in [-0.3, -0.25) is 0 Å². The summed E-state index contributed by atoms with van der Waals surface area (Å²) in [7, 11) is 4.22. The fraction of sp³-hybridized carbons (Fsp3) is 0.579. The van der Waals surface area contributed by atoms with Crippen molar-refractivity contribution in [1.82, 2.24) is 9.47 Å². The molecular weight excluding hydrogens is 302 g/mol. The van der Waals surface area contributed by atoms with Crippen LogP contribution in [0.25, 0.3) is 0 Å². The summed E-state index contributed by atoms with van der Waals surface area (Å²) in [4.78, 5) is 2.26. The number of nitrogens with two attached hydrogens (primary N) is 1. The number of aromatic nitrogens is 1. The number of aliphatic hydroxyl groups is 1. The third-order valence-corrected chi connectivity index (χ3v) is 5.77. The Morgan fingerprint density at radius 2 is 2.00 bits per heavy atom. The summed E-state index contributed by atoms with van der Waals surface area (Å²) in [6.45, 7) is 6.73. The molecule has 132 valence electrons. The molecule has 1 aromatic heterocycles. The first-order chi connectivity index (χ1) is 11.2. The van der Waals surface area contributed by atoms with Crippen molar-refractivity contribution in [2.24, 2.45) is 0 Å². The van der Waals surface area contributed by atoms with Gasteiger partial charge in [-0.1, -0.05) is 0 Å². The van der Waals surface area contributed by atoms with E-state index in [9.17, 15) is 5.11 Å². The van der Waals surface area contributed by atoms with E-state index in [4.69, 9.17) is 10.5 Å². The highest BCUT2D eigenvalue weighted by Crippen LogP contribution is 2.45. The molecule has 1 saturated carbocycles. The van der Waals surface area contributed by atoms with E-state index in [-0.39, 0.29) is 11.6 Å². The Morgan fingerprint density at radius 3 is 2.50 bits per heavy atom. The number of rotatable bonds is 5. The van der Waals surface area contributed by atoms with Gasteiger partial charge in [0.15, 0.2) is 0 Å². The second kappa shape index (κ2) is 5.67. The molecule has 5 heteroatoms. The molecule has 24 heavy (non-hydrogen) atoms. The summed E-state index contributed by atoms with van der Waals surface area (Å²) in [5, 5.41) is 10.3. The van der Waals surface area contributed by atoms with Crippen LogP contribution in [0, 0.1) is 6.92 Å². The van der Waals surface area contributed by atoms with Crippen LogP contribution in [0.2, 0.25) is 0 Å². The molecule has 0 amide bonds. The lowest BCUT2D eigenvalue weighted by Crippen LogP contribution is -2.45. The number of nitrogen functional groups attached to an aromatic ring is 1. The highest BCUT2D eigenvalue weighted by Gasteiger charge is 2.48. The number of allylic oxidation sites excluding steroid dienone is 1. The predicted molar refractivity (Wildman–Crippen MR) is 97.1 cm³/mol. The first-order valence-electron chi connectivity index (χ1n) is 8.54. The number of likely N-dealkylation sites (N-methyl/N-ethyl adjacent to an activating group) is 1. The van der Waals surface area contributed by atoms with Gasteiger partial charge in [0.05, 0.1) is 12.6 Å². The number of nitrogens with zero attached hydrogens (tertiary/aromatic N) is 2. The van der Waals surface area contributed by atoms with E-state index >= 15 is 0 Å². The van der Waals surface area contributed by atoms with Crippen molar-refractivity contribution in [1.29, 1.82) is 0 Å². The molecule has 1 heterocycles. The largest absolute Gasteiger partial charge is 0.508 e. The molecule has 2 atom stereocenters. The van der Waals surface area contributed by atoms with Gasteiger partial charge in [0.2, 0.25) is 0 Å². The van der Waals surface area contributed by atoms with Gasteiger partial charge >= 0.3 is 0 Å². The van der Waals surface area contributed by atoms with E-state index in [1.807, 2.05) is 32.1 Å². The molecule has 3 rings (SSSR count). The average Bonchev–Trinajstić information content (AvgIpc) is 3.26. The molecule has 1 fully saturated rings. The molecule has 5 nitrogen and oxygen atoms in total. The molecule has 3 N–H and O–H groups in total. The van der Waals surface area contributed by atoms with Crippen molar-refractivity contribution in [2.75, 3.05) is 26.4 Å². The second-order valence-corrected chi connectivity index (χ2v) is 7.66. The Morgan fingerprint density at radius 1 is 1.33 bits per heavy atom. The average molecular weight is 331 g/mol. The molecule has 0 radical (unpaired) electrons. The van der Waals surface area contributed by atoms with E-state index < -0.39 is 5.60 Å². The van der Waals surface area contributed by atoms with E-state index in [0.717, 1.165) is 24.1 Å². The second-order valence-electron chi connectivity index (χ2n) is 7.66. The summed E-state index contributed by atoms with van der Waals surface area (Å²) in [5.41, 5.74) is 7.74. The first kappa shape index (κ1) is 17.1. The minimum absolute atomic E-state index is 0.149. The molecule has 0 aromatic carbocycles. The topological polar surface area (TPSA) is 63.7 Å². The van der Waals surface area contributed by atoms with E-state index in [1.54, 1.807) is 6.08 Å². The van der Waals surface area contributed by atoms with Crippen molar-refractivity contribution in [3.05, 3.63) is 41.3 Å². The molecule has 0 spiro atoms. The zero-order valence-electron chi connectivity index (χ0n) is 15.3. The third-order valence-electron chi connectivity index (χ3n) is 5.77. The Balaban J connectivity index is 1.94. The molecule has 2 aliphatic carbocycles. The summed E-state index contributed by atoms with van der Waals surface area (Å²) in [6, 6.07) is 3.75. The van der Waals surface area contributed by atoms with Crippen LogP contribution in [-0.2, 0) is 4.74 Å². The summed E-state index contributed by atoms with van der Waals surface area (Å²) in [6.07, 6.45) is 6.03. The molecular formula is C19H29N3O2. The number of aliphatic hydroxyl groups excluding tert-OH is 1. The number of hydrogen-bond donors (Lipinski definition) is 2. The Labute approximate surface area is 144 Å². The van der Waals surface area contributed by atoms with Crippen molar-refractivity contribution in [3.8, 4) is 0 Å². The number of ether oxygens (including phenoxy) is 1. The van der Waals surface area contributed by atoms with Crippen molar-refractivity contribution in [3.63, 3.8) is 0 Å². The highest BCUT2D eigenvalue weighted by atomic mass is 16.5. The fourth-order valence-corrected chi connectivity index (χ4v) is 3.69. The van der Waals surface area contributed by atoms with E-state index in [0.29, 0.717) is 18.2 Å².